The lowest BCUT2D eigenvalue weighted by Gasteiger charge is -2.22. The molecule has 1 fully saturated rings. The largest absolute Gasteiger partial charge is 0.508 e. The predicted octanol–water partition coefficient (Wildman–Crippen LogP) is 3.63. The molecular formula is C15H15F3N2O2. The zero-order chi connectivity index (χ0) is 15.7. The maximum Gasteiger partial charge on any atom is 0.417 e. The molecule has 2 heterocycles. The fourth-order valence-electron chi connectivity index (χ4n) is 2.64. The summed E-state index contributed by atoms with van der Waals surface area (Å²) in [6, 6.07) is 3.40. The molecule has 22 heavy (non-hydrogen) atoms. The van der Waals surface area contributed by atoms with Gasteiger partial charge in [0.1, 0.15) is 5.75 Å². The molecule has 2 aromatic rings. The molecule has 118 valence electrons. The van der Waals surface area contributed by atoms with Crippen molar-refractivity contribution < 1.29 is 23.0 Å². The van der Waals surface area contributed by atoms with E-state index in [0.717, 1.165) is 18.9 Å². The van der Waals surface area contributed by atoms with Gasteiger partial charge in [-0.1, -0.05) is 0 Å². The maximum absolute atomic E-state index is 13.1. The number of benzene rings is 1. The molecule has 1 N–H and O–H groups in total. The summed E-state index contributed by atoms with van der Waals surface area (Å²) in [7, 11) is 0. The van der Waals surface area contributed by atoms with E-state index in [2.05, 4.69) is 5.10 Å². The van der Waals surface area contributed by atoms with Crippen molar-refractivity contribution in [3.8, 4) is 16.9 Å². The molecule has 1 aromatic carbocycles. The van der Waals surface area contributed by atoms with E-state index in [1.165, 1.54) is 18.3 Å². The van der Waals surface area contributed by atoms with Crippen molar-refractivity contribution >= 4 is 0 Å². The second kappa shape index (κ2) is 5.64. The van der Waals surface area contributed by atoms with Crippen LogP contribution in [0.25, 0.3) is 11.1 Å². The molecule has 0 amide bonds. The monoisotopic (exact) mass is 312 g/mol. The quantitative estimate of drug-likeness (QED) is 0.921. The van der Waals surface area contributed by atoms with Crippen LogP contribution in [0.3, 0.4) is 0 Å². The van der Waals surface area contributed by atoms with Crippen LogP contribution in [-0.2, 0) is 10.9 Å². The number of ether oxygens (including phenoxy) is 1. The molecule has 0 atom stereocenters. The number of phenolic OH excluding ortho intramolecular Hbond substituents is 1. The van der Waals surface area contributed by atoms with Crippen molar-refractivity contribution in [2.45, 2.75) is 25.1 Å². The van der Waals surface area contributed by atoms with Crippen LogP contribution in [0.4, 0.5) is 13.2 Å². The van der Waals surface area contributed by atoms with E-state index in [1.807, 2.05) is 0 Å². The Morgan fingerprint density at radius 1 is 1.23 bits per heavy atom. The zero-order valence-corrected chi connectivity index (χ0v) is 11.7. The summed E-state index contributed by atoms with van der Waals surface area (Å²) in [5.41, 5.74) is -0.457. The van der Waals surface area contributed by atoms with E-state index in [0.29, 0.717) is 18.8 Å². The normalized spacial score (nSPS) is 16.9. The molecule has 0 bridgehead atoms. The topological polar surface area (TPSA) is 47.3 Å². The molecule has 0 unspecified atom stereocenters. The van der Waals surface area contributed by atoms with Gasteiger partial charge in [-0.05, 0) is 36.6 Å². The average Bonchev–Trinajstić information content (AvgIpc) is 2.97. The highest BCUT2D eigenvalue weighted by atomic mass is 19.4. The zero-order valence-electron chi connectivity index (χ0n) is 11.7. The number of rotatable bonds is 2. The van der Waals surface area contributed by atoms with E-state index in [9.17, 15) is 18.3 Å². The van der Waals surface area contributed by atoms with E-state index < -0.39 is 17.5 Å². The molecule has 0 spiro atoms. The van der Waals surface area contributed by atoms with E-state index in [1.54, 1.807) is 10.9 Å². The van der Waals surface area contributed by atoms with Crippen molar-refractivity contribution in [1.29, 1.82) is 0 Å². The number of hydrogen-bond donors (Lipinski definition) is 1. The fraction of sp³-hybridized carbons (Fsp3) is 0.400. The van der Waals surface area contributed by atoms with Gasteiger partial charge in [-0.2, -0.15) is 18.3 Å². The molecule has 1 saturated heterocycles. The highest BCUT2D eigenvalue weighted by Crippen LogP contribution is 2.39. The van der Waals surface area contributed by atoms with Crippen molar-refractivity contribution in [2.24, 2.45) is 0 Å². The summed E-state index contributed by atoms with van der Waals surface area (Å²) in [5.74, 6) is -0.409. The van der Waals surface area contributed by atoms with Crippen LogP contribution >= 0.6 is 0 Å². The van der Waals surface area contributed by atoms with Gasteiger partial charge in [-0.25, -0.2) is 0 Å². The molecular weight excluding hydrogens is 297 g/mol. The number of nitrogens with zero attached hydrogens (tertiary/aromatic N) is 2. The minimum atomic E-state index is -4.53. The Kier molecular flexibility index (Phi) is 3.82. The highest BCUT2D eigenvalue weighted by molar-refractivity contribution is 5.68. The molecule has 0 saturated carbocycles. The SMILES string of the molecule is Oc1ccc(-c2cnn(C3CCOCC3)c2)c(C(F)(F)F)c1. The molecule has 3 rings (SSSR count). The van der Waals surface area contributed by atoms with Gasteiger partial charge in [0.2, 0.25) is 0 Å². The minimum absolute atomic E-state index is 0.0172. The number of halogens is 3. The second-order valence-corrected chi connectivity index (χ2v) is 5.28. The van der Waals surface area contributed by atoms with Gasteiger partial charge in [0.15, 0.2) is 0 Å². The molecule has 1 aliphatic rings. The number of aromatic hydroxyl groups is 1. The third-order valence-electron chi connectivity index (χ3n) is 3.79. The fourth-order valence-corrected chi connectivity index (χ4v) is 2.64. The molecule has 1 aromatic heterocycles. The number of hydrogen-bond acceptors (Lipinski definition) is 3. The summed E-state index contributed by atoms with van der Waals surface area (Å²) in [6.45, 7) is 1.26. The molecule has 0 aliphatic carbocycles. The van der Waals surface area contributed by atoms with E-state index in [-0.39, 0.29) is 11.6 Å². The van der Waals surface area contributed by atoms with Gasteiger partial charge in [0, 0.05) is 25.0 Å². The van der Waals surface area contributed by atoms with Crippen molar-refractivity contribution in [3.05, 3.63) is 36.2 Å². The molecule has 0 radical (unpaired) electrons. The third kappa shape index (κ3) is 2.94. The standard InChI is InChI=1S/C15H15F3N2O2/c16-15(17,18)14-7-12(21)1-2-13(14)10-8-19-20(9-10)11-3-5-22-6-4-11/h1-2,7-9,11,21H,3-6H2. The second-order valence-electron chi connectivity index (χ2n) is 5.28. The maximum atomic E-state index is 13.1. The summed E-state index contributed by atoms with van der Waals surface area (Å²) in [6.07, 6.45) is 0.106. The Hall–Kier alpha value is -2.02. The Morgan fingerprint density at radius 2 is 1.95 bits per heavy atom. The van der Waals surface area contributed by atoms with Crippen molar-refractivity contribution in [3.63, 3.8) is 0 Å². The Labute approximate surface area is 125 Å². The van der Waals surface area contributed by atoms with Gasteiger partial charge < -0.3 is 9.84 Å². The van der Waals surface area contributed by atoms with Crippen LogP contribution in [0.15, 0.2) is 30.6 Å². The van der Waals surface area contributed by atoms with Gasteiger partial charge >= 0.3 is 6.18 Å². The Balaban J connectivity index is 1.96. The highest BCUT2D eigenvalue weighted by Gasteiger charge is 2.34. The van der Waals surface area contributed by atoms with Gasteiger partial charge in [0.05, 0.1) is 17.8 Å². The summed E-state index contributed by atoms with van der Waals surface area (Å²) < 4.78 is 46.3. The molecule has 4 nitrogen and oxygen atoms in total. The van der Waals surface area contributed by atoms with Crippen LogP contribution in [0.5, 0.6) is 5.75 Å². The van der Waals surface area contributed by atoms with Crippen LogP contribution in [0.1, 0.15) is 24.4 Å². The van der Waals surface area contributed by atoms with Gasteiger partial charge in [-0.15, -0.1) is 0 Å². The first kappa shape index (κ1) is 14.9. The number of alkyl halides is 3. The van der Waals surface area contributed by atoms with Crippen molar-refractivity contribution in [1.82, 2.24) is 9.78 Å². The van der Waals surface area contributed by atoms with Gasteiger partial charge in [0.25, 0.3) is 0 Å². The average molecular weight is 312 g/mol. The van der Waals surface area contributed by atoms with Crippen LogP contribution < -0.4 is 0 Å². The number of aromatic nitrogens is 2. The summed E-state index contributed by atoms with van der Waals surface area (Å²) in [5, 5.41) is 13.5. The smallest absolute Gasteiger partial charge is 0.417 e. The lowest BCUT2D eigenvalue weighted by atomic mass is 10.0. The minimum Gasteiger partial charge on any atom is -0.508 e. The van der Waals surface area contributed by atoms with E-state index >= 15 is 0 Å². The molecule has 7 heteroatoms. The summed E-state index contributed by atoms with van der Waals surface area (Å²) in [4.78, 5) is 0. The summed E-state index contributed by atoms with van der Waals surface area (Å²) >= 11 is 0. The lowest BCUT2D eigenvalue weighted by Crippen LogP contribution is -2.19. The third-order valence-corrected chi connectivity index (χ3v) is 3.79. The first-order valence-corrected chi connectivity index (χ1v) is 6.97. The predicted molar refractivity (Wildman–Crippen MR) is 73.4 cm³/mol. The molecule has 1 aliphatic heterocycles. The first-order chi connectivity index (χ1) is 10.4. The van der Waals surface area contributed by atoms with Crippen LogP contribution in [0.2, 0.25) is 0 Å². The number of phenols is 1. The van der Waals surface area contributed by atoms with Crippen molar-refractivity contribution in [2.75, 3.05) is 13.2 Å². The lowest BCUT2D eigenvalue weighted by molar-refractivity contribution is -0.137. The first-order valence-electron chi connectivity index (χ1n) is 6.97. The Morgan fingerprint density at radius 3 is 2.64 bits per heavy atom. The van der Waals surface area contributed by atoms with E-state index in [4.69, 9.17) is 4.74 Å². The Bertz CT molecular complexity index is 661. The van der Waals surface area contributed by atoms with Gasteiger partial charge in [-0.3, -0.25) is 4.68 Å². The van der Waals surface area contributed by atoms with Crippen LogP contribution in [-0.4, -0.2) is 28.1 Å². The van der Waals surface area contributed by atoms with Crippen LogP contribution in [0, 0.1) is 0 Å².